The molecule has 3 rings (SSSR count). The Morgan fingerprint density at radius 2 is 1.95 bits per heavy atom. The number of hydrogen-bond acceptors (Lipinski definition) is 4. The fourth-order valence-corrected chi connectivity index (χ4v) is 3.83. The summed E-state index contributed by atoms with van der Waals surface area (Å²) in [5, 5.41) is 0. The molecule has 1 fully saturated rings. The lowest BCUT2D eigenvalue weighted by Gasteiger charge is -2.37. The van der Waals surface area contributed by atoms with Gasteiger partial charge in [-0.2, -0.15) is 4.31 Å². The second-order valence-electron chi connectivity index (χ2n) is 5.25. The van der Waals surface area contributed by atoms with Crippen LogP contribution in [0, 0.1) is 0 Å². The first-order valence-corrected chi connectivity index (χ1v) is 8.69. The number of hydrogen-bond donors (Lipinski definition) is 0. The molecule has 1 aliphatic heterocycles. The maximum atomic E-state index is 12.5. The molecule has 0 aliphatic carbocycles. The first kappa shape index (κ1) is 15.0. The summed E-state index contributed by atoms with van der Waals surface area (Å²) in [5.74, 6) is 0.664. The number of aryl methyl sites for hydroxylation is 1. The third-order valence-electron chi connectivity index (χ3n) is 3.72. The highest BCUT2D eigenvalue weighted by Crippen LogP contribution is 2.24. The first-order valence-electron chi connectivity index (χ1n) is 7.25. The normalized spacial score (nSPS) is 16.2. The van der Waals surface area contributed by atoms with Gasteiger partial charge in [-0.05, 0) is 36.2 Å². The van der Waals surface area contributed by atoms with Crippen LogP contribution in [0.4, 0.5) is 0 Å². The van der Waals surface area contributed by atoms with Crippen molar-refractivity contribution in [2.45, 2.75) is 24.3 Å². The van der Waals surface area contributed by atoms with Gasteiger partial charge in [0, 0.05) is 6.20 Å². The highest BCUT2D eigenvalue weighted by atomic mass is 32.2. The van der Waals surface area contributed by atoms with Gasteiger partial charge in [0.05, 0.1) is 24.2 Å². The molecule has 1 aromatic carbocycles. The van der Waals surface area contributed by atoms with Gasteiger partial charge in [0.1, 0.15) is 11.9 Å². The molecule has 6 heteroatoms. The van der Waals surface area contributed by atoms with E-state index >= 15 is 0 Å². The van der Waals surface area contributed by atoms with Crippen molar-refractivity contribution in [1.29, 1.82) is 0 Å². The van der Waals surface area contributed by atoms with Crippen molar-refractivity contribution >= 4 is 10.0 Å². The summed E-state index contributed by atoms with van der Waals surface area (Å²) in [5.41, 5.74) is 1.13. The van der Waals surface area contributed by atoms with Crippen LogP contribution in [0.5, 0.6) is 5.75 Å². The van der Waals surface area contributed by atoms with E-state index in [-0.39, 0.29) is 6.10 Å². The minimum atomic E-state index is -3.41. The highest BCUT2D eigenvalue weighted by Gasteiger charge is 2.38. The summed E-state index contributed by atoms with van der Waals surface area (Å²) in [7, 11) is -3.41. The van der Waals surface area contributed by atoms with E-state index in [1.807, 2.05) is 25.1 Å². The molecule has 2 heterocycles. The lowest BCUT2D eigenvalue weighted by Crippen LogP contribution is -2.55. The lowest BCUT2D eigenvalue weighted by atomic mass is 10.2. The van der Waals surface area contributed by atoms with Crippen molar-refractivity contribution in [2.24, 2.45) is 0 Å². The van der Waals surface area contributed by atoms with Crippen LogP contribution in [0.15, 0.2) is 53.7 Å². The number of benzene rings is 1. The average molecular weight is 318 g/mol. The van der Waals surface area contributed by atoms with Crippen LogP contribution in [0.25, 0.3) is 0 Å². The molecule has 116 valence electrons. The Labute approximate surface area is 130 Å². The number of nitrogens with zero attached hydrogens (tertiary/aromatic N) is 2. The van der Waals surface area contributed by atoms with Crippen molar-refractivity contribution in [3.05, 3.63) is 54.4 Å². The smallest absolute Gasteiger partial charge is 0.243 e. The van der Waals surface area contributed by atoms with Crippen LogP contribution in [0.1, 0.15) is 12.5 Å². The Balaban J connectivity index is 1.63. The van der Waals surface area contributed by atoms with Crippen molar-refractivity contribution in [2.75, 3.05) is 13.1 Å². The van der Waals surface area contributed by atoms with Gasteiger partial charge < -0.3 is 4.74 Å². The number of ether oxygens (including phenoxy) is 1. The molecule has 0 N–H and O–H groups in total. The molecular weight excluding hydrogens is 300 g/mol. The second-order valence-corrected chi connectivity index (χ2v) is 7.19. The Hall–Kier alpha value is -1.92. The molecule has 1 aromatic heterocycles. The molecule has 1 saturated heterocycles. The van der Waals surface area contributed by atoms with E-state index in [0.717, 1.165) is 12.0 Å². The molecule has 0 radical (unpaired) electrons. The quantitative estimate of drug-likeness (QED) is 0.847. The van der Waals surface area contributed by atoms with E-state index in [0.29, 0.717) is 23.7 Å². The Kier molecular flexibility index (Phi) is 4.13. The fraction of sp³-hybridized carbons (Fsp3) is 0.312. The third kappa shape index (κ3) is 2.98. The van der Waals surface area contributed by atoms with Gasteiger partial charge in [0.15, 0.2) is 0 Å². The Bertz CT molecular complexity index is 724. The van der Waals surface area contributed by atoms with Crippen molar-refractivity contribution in [3.8, 4) is 5.75 Å². The zero-order valence-corrected chi connectivity index (χ0v) is 13.2. The SMILES string of the molecule is CCc1ccc(S(=O)(=O)N2CC(Oc3cccnc3)C2)cc1. The number of sulfonamides is 1. The summed E-state index contributed by atoms with van der Waals surface area (Å²) < 4.78 is 32.1. The third-order valence-corrected chi connectivity index (χ3v) is 5.57. The van der Waals surface area contributed by atoms with Crippen molar-refractivity contribution in [3.63, 3.8) is 0 Å². The molecule has 0 bridgehead atoms. The van der Waals surface area contributed by atoms with Crippen molar-refractivity contribution in [1.82, 2.24) is 9.29 Å². The molecule has 0 spiro atoms. The lowest BCUT2D eigenvalue weighted by molar-refractivity contribution is 0.0759. The van der Waals surface area contributed by atoms with E-state index in [1.165, 1.54) is 4.31 Å². The van der Waals surface area contributed by atoms with Gasteiger partial charge in [0.25, 0.3) is 0 Å². The largest absolute Gasteiger partial charge is 0.486 e. The minimum Gasteiger partial charge on any atom is -0.486 e. The average Bonchev–Trinajstić information content (AvgIpc) is 2.51. The van der Waals surface area contributed by atoms with E-state index in [9.17, 15) is 8.42 Å². The van der Waals surface area contributed by atoms with Gasteiger partial charge in [-0.3, -0.25) is 4.98 Å². The number of rotatable bonds is 5. The van der Waals surface area contributed by atoms with E-state index < -0.39 is 10.0 Å². The van der Waals surface area contributed by atoms with Gasteiger partial charge in [-0.1, -0.05) is 19.1 Å². The summed E-state index contributed by atoms with van der Waals surface area (Å²) in [4.78, 5) is 4.31. The molecule has 22 heavy (non-hydrogen) atoms. The van der Waals surface area contributed by atoms with Gasteiger partial charge in [-0.15, -0.1) is 0 Å². The zero-order valence-electron chi connectivity index (χ0n) is 12.3. The standard InChI is InChI=1S/C16H18N2O3S/c1-2-13-5-7-16(8-6-13)22(19,20)18-11-15(12-18)21-14-4-3-9-17-10-14/h3-10,15H,2,11-12H2,1H3. The molecular formula is C16H18N2O3S. The highest BCUT2D eigenvalue weighted by molar-refractivity contribution is 7.89. The van der Waals surface area contributed by atoms with Gasteiger partial charge in [0.2, 0.25) is 10.0 Å². The second kappa shape index (κ2) is 6.06. The molecule has 2 aromatic rings. The van der Waals surface area contributed by atoms with E-state index in [2.05, 4.69) is 4.98 Å². The summed E-state index contributed by atoms with van der Waals surface area (Å²) in [6.45, 7) is 2.78. The summed E-state index contributed by atoms with van der Waals surface area (Å²) in [6.07, 6.45) is 4.07. The van der Waals surface area contributed by atoms with Crippen molar-refractivity contribution < 1.29 is 13.2 Å². The Morgan fingerprint density at radius 3 is 2.55 bits per heavy atom. The summed E-state index contributed by atoms with van der Waals surface area (Å²) in [6, 6.07) is 10.7. The van der Waals surface area contributed by atoms with Crippen LogP contribution >= 0.6 is 0 Å². The van der Waals surface area contributed by atoms with Gasteiger partial charge in [-0.25, -0.2) is 8.42 Å². The predicted octanol–water partition coefficient (Wildman–Crippen LogP) is 2.10. The molecule has 5 nitrogen and oxygen atoms in total. The Morgan fingerprint density at radius 1 is 1.23 bits per heavy atom. The maximum Gasteiger partial charge on any atom is 0.243 e. The first-order chi connectivity index (χ1) is 10.6. The van der Waals surface area contributed by atoms with Crippen LogP contribution < -0.4 is 4.74 Å². The molecule has 0 atom stereocenters. The molecule has 0 saturated carbocycles. The predicted molar refractivity (Wildman–Crippen MR) is 83.2 cm³/mol. The van der Waals surface area contributed by atoms with Crippen LogP contribution in [-0.2, 0) is 16.4 Å². The molecule has 0 amide bonds. The molecule has 0 unspecified atom stereocenters. The number of pyridine rings is 1. The van der Waals surface area contributed by atoms with E-state index in [1.54, 1.807) is 30.6 Å². The maximum absolute atomic E-state index is 12.5. The topological polar surface area (TPSA) is 59.5 Å². The van der Waals surface area contributed by atoms with Crippen LogP contribution in [0.2, 0.25) is 0 Å². The zero-order chi connectivity index (χ0) is 15.6. The minimum absolute atomic E-state index is 0.117. The monoisotopic (exact) mass is 318 g/mol. The van der Waals surface area contributed by atoms with Crippen LogP contribution in [-0.4, -0.2) is 36.9 Å². The number of aromatic nitrogens is 1. The van der Waals surface area contributed by atoms with Crippen LogP contribution in [0.3, 0.4) is 0 Å². The summed E-state index contributed by atoms with van der Waals surface area (Å²) >= 11 is 0. The van der Waals surface area contributed by atoms with E-state index in [4.69, 9.17) is 4.74 Å². The van der Waals surface area contributed by atoms with Gasteiger partial charge >= 0.3 is 0 Å². The fourth-order valence-electron chi connectivity index (χ4n) is 2.33. The molecule has 1 aliphatic rings.